The number of benzene rings is 2. The zero-order valence-corrected chi connectivity index (χ0v) is 21.8. The maximum Gasteiger partial charge on any atom is 0.318 e. The Hall–Kier alpha value is -3.85. The van der Waals surface area contributed by atoms with Gasteiger partial charge in [-0.3, -0.25) is 20.6 Å². The van der Waals surface area contributed by atoms with Crippen LogP contribution in [0.2, 0.25) is 0 Å². The molecule has 200 valence electrons. The summed E-state index contributed by atoms with van der Waals surface area (Å²) in [6.07, 6.45) is 2.83. The fraction of sp³-hybridized carbons (Fsp3) is 0.143. The number of carbonyl (C=O) groups is 1. The van der Waals surface area contributed by atoms with Crippen LogP contribution in [0.3, 0.4) is 0 Å². The highest BCUT2D eigenvalue weighted by atomic mass is 35.5. The molecule has 0 aliphatic heterocycles. The number of nitrogens with two attached hydrogens (primary N) is 3. The number of nitrogens with one attached hydrogen (secondary N) is 2. The number of aromatic nitrogens is 1. The van der Waals surface area contributed by atoms with Crippen LogP contribution in [-0.4, -0.2) is 54.4 Å². The molecule has 0 aliphatic carbocycles. The van der Waals surface area contributed by atoms with Gasteiger partial charge in [0.05, 0.1) is 23.9 Å². The highest BCUT2D eigenvalue weighted by Gasteiger charge is 2.27. The van der Waals surface area contributed by atoms with Crippen molar-refractivity contribution < 1.29 is 23.1 Å². The number of fused-ring (bicyclic) bond motifs is 1. The van der Waals surface area contributed by atoms with Gasteiger partial charge in [-0.1, -0.05) is 18.2 Å². The van der Waals surface area contributed by atoms with Gasteiger partial charge in [-0.25, -0.2) is 12.8 Å². The first-order valence-corrected chi connectivity index (χ1v) is 11.8. The van der Waals surface area contributed by atoms with E-state index in [2.05, 4.69) is 16.5 Å². The zero-order valence-electron chi connectivity index (χ0n) is 19.5. The summed E-state index contributed by atoms with van der Waals surface area (Å²) in [7, 11) is -2.66. The summed E-state index contributed by atoms with van der Waals surface area (Å²) in [6.45, 7) is -0.862. The molecule has 3 aromatic rings. The first-order valence-electron chi connectivity index (χ1n) is 9.99. The Bertz CT molecular complexity index is 1370. The number of carboxylic acid groups (broad SMARTS) is 1. The van der Waals surface area contributed by atoms with Gasteiger partial charge >= 0.3 is 5.97 Å². The Morgan fingerprint density at radius 1 is 1.11 bits per heavy atom. The highest BCUT2D eigenvalue weighted by molar-refractivity contribution is 7.89. The molecule has 3 rings (SSSR count). The molecule has 1 heterocycles. The molecule has 0 amide bonds. The number of guanidine groups is 2. The summed E-state index contributed by atoms with van der Waals surface area (Å²) in [5.41, 5.74) is 15.3. The molecule has 0 atom stereocenters. The fourth-order valence-corrected chi connectivity index (χ4v) is 4.59. The van der Waals surface area contributed by atoms with Gasteiger partial charge < -0.3 is 27.0 Å². The van der Waals surface area contributed by atoms with Gasteiger partial charge in [-0.2, -0.15) is 4.31 Å². The molecule has 0 aliphatic rings. The molecule has 1 aromatic heterocycles. The third-order valence-electron chi connectivity index (χ3n) is 4.60. The Morgan fingerprint density at radius 2 is 1.70 bits per heavy atom. The third kappa shape index (κ3) is 8.35. The van der Waals surface area contributed by atoms with E-state index in [-0.39, 0.29) is 29.8 Å². The quantitative estimate of drug-likeness (QED) is 0.130. The van der Waals surface area contributed by atoms with Crippen LogP contribution < -0.4 is 26.4 Å². The van der Waals surface area contributed by atoms with Gasteiger partial charge in [0.1, 0.15) is 12.3 Å². The summed E-state index contributed by atoms with van der Waals surface area (Å²) < 4.78 is 33.4. The van der Waals surface area contributed by atoms with Crippen molar-refractivity contribution in [1.29, 1.82) is 10.8 Å². The first-order chi connectivity index (χ1) is 16.9. The number of sulfonamides is 1. The van der Waals surface area contributed by atoms with Crippen LogP contribution in [0.15, 0.2) is 59.8 Å². The molecule has 37 heavy (non-hydrogen) atoms. The molecule has 0 fully saturated rings. The molecule has 2 aromatic carbocycles. The van der Waals surface area contributed by atoms with E-state index < -0.39 is 28.5 Å². The van der Waals surface area contributed by atoms with Gasteiger partial charge in [0.2, 0.25) is 16.0 Å². The smallest absolute Gasteiger partial charge is 0.318 e. The van der Waals surface area contributed by atoms with E-state index in [1.54, 1.807) is 24.3 Å². The second-order valence-electron chi connectivity index (χ2n) is 7.18. The molecule has 0 saturated carbocycles. The monoisotopic (exact) mass is 572 g/mol. The topological polar surface area (TPSA) is 226 Å². The van der Waals surface area contributed by atoms with E-state index in [1.165, 1.54) is 37.7 Å². The molecule has 9 N–H and O–H groups in total. The van der Waals surface area contributed by atoms with Crippen molar-refractivity contribution in [2.75, 3.05) is 18.1 Å². The van der Waals surface area contributed by atoms with Crippen LogP contribution in [0.1, 0.15) is 5.56 Å². The van der Waals surface area contributed by atoms with Gasteiger partial charge in [-0.15, -0.1) is 12.4 Å². The van der Waals surface area contributed by atoms with Gasteiger partial charge in [0.25, 0.3) is 0 Å². The van der Waals surface area contributed by atoms with Crippen molar-refractivity contribution in [3.8, 4) is 5.75 Å². The second kappa shape index (κ2) is 13.5. The minimum atomic E-state index is -4.17. The highest BCUT2D eigenvalue weighted by Crippen LogP contribution is 2.30. The molecule has 16 heteroatoms. The number of pyridine rings is 1. The molecular formula is C21H26Cl2N8O5S. The lowest BCUT2D eigenvalue weighted by atomic mass is 10.1. The summed E-state index contributed by atoms with van der Waals surface area (Å²) in [5, 5.41) is 23.8. The molecule has 0 saturated heterocycles. The number of rotatable bonds is 8. The van der Waals surface area contributed by atoms with E-state index in [4.69, 9.17) is 33.1 Å². The number of hydrogen-bond donors (Lipinski definition) is 6. The number of hydrogen-bond acceptors (Lipinski definition) is 7. The van der Waals surface area contributed by atoms with Gasteiger partial charge in [-0.05, 0) is 29.8 Å². The van der Waals surface area contributed by atoms with E-state index in [1.807, 2.05) is 0 Å². The minimum absolute atomic E-state index is 0. The normalized spacial score (nSPS) is 10.6. The number of ether oxygens (including phenoxy) is 1. The van der Waals surface area contributed by atoms with Crippen LogP contribution in [0, 0.1) is 10.8 Å². The number of anilines is 1. The van der Waals surface area contributed by atoms with E-state index >= 15 is 0 Å². The number of aliphatic carboxylic acids is 1. The number of carboxylic acids is 1. The predicted octanol–water partition coefficient (Wildman–Crippen LogP) is 1.63. The Kier molecular flexibility index (Phi) is 11.3. The van der Waals surface area contributed by atoms with Crippen LogP contribution in [0.25, 0.3) is 10.8 Å². The molecule has 0 spiro atoms. The lowest BCUT2D eigenvalue weighted by molar-refractivity contribution is -0.137. The summed E-state index contributed by atoms with van der Waals surface area (Å²) >= 11 is 6.01. The average Bonchev–Trinajstić information content (AvgIpc) is 2.82. The Morgan fingerprint density at radius 3 is 2.22 bits per heavy atom. The average molecular weight is 573 g/mol. The molecular weight excluding hydrogens is 547 g/mol. The van der Waals surface area contributed by atoms with Crippen molar-refractivity contribution in [2.24, 2.45) is 17.2 Å². The van der Waals surface area contributed by atoms with E-state index in [0.29, 0.717) is 27.8 Å². The van der Waals surface area contributed by atoms with Crippen LogP contribution in [0.4, 0.5) is 5.69 Å². The first kappa shape index (κ1) is 31.2. The number of halogens is 2. The maximum absolute atomic E-state index is 13.3. The van der Waals surface area contributed by atoms with Crippen LogP contribution in [-0.2, 0) is 21.4 Å². The van der Waals surface area contributed by atoms with E-state index in [0.717, 1.165) is 8.72 Å². The third-order valence-corrected chi connectivity index (χ3v) is 6.75. The molecule has 0 radical (unpaired) electrons. The number of nitrogens with zero attached hydrogens (tertiary/aromatic N) is 3. The molecule has 13 nitrogen and oxygen atoms in total. The Labute approximate surface area is 224 Å². The lowest BCUT2D eigenvalue weighted by Gasteiger charge is -2.21. The fourth-order valence-electron chi connectivity index (χ4n) is 3.05. The zero-order chi connectivity index (χ0) is 27.0. The van der Waals surface area contributed by atoms with Gasteiger partial charge in [0, 0.05) is 35.3 Å². The Balaban J connectivity index is 0.00000127. The van der Waals surface area contributed by atoms with Crippen molar-refractivity contribution in [3.05, 3.63) is 60.4 Å². The molecule has 0 bridgehead atoms. The van der Waals surface area contributed by atoms with E-state index in [9.17, 15) is 18.3 Å². The van der Waals surface area contributed by atoms with Crippen molar-refractivity contribution >= 4 is 68.6 Å². The second-order valence-corrected chi connectivity index (χ2v) is 9.45. The van der Waals surface area contributed by atoms with Crippen molar-refractivity contribution in [1.82, 2.24) is 9.29 Å². The largest absolute Gasteiger partial charge is 0.497 e. The van der Waals surface area contributed by atoms with Crippen molar-refractivity contribution in [2.45, 2.75) is 11.4 Å². The predicted molar refractivity (Wildman–Crippen MR) is 144 cm³/mol. The SMILES string of the molecule is COc1ccc(CN(CC(=O)O)S(=O)(=O)c2ccc3c(N(Cl)C(=N)N)cncc3c2)cc1.Cl.N=C(N)N. The summed E-state index contributed by atoms with van der Waals surface area (Å²) in [4.78, 5) is 15.3. The van der Waals surface area contributed by atoms with Crippen molar-refractivity contribution in [3.63, 3.8) is 0 Å². The lowest BCUT2D eigenvalue weighted by Crippen LogP contribution is -2.35. The van der Waals surface area contributed by atoms with Crippen LogP contribution >= 0.6 is 24.2 Å². The number of methoxy groups -OCH3 is 1. The maximum atomic E-state index is 13.3. The van der Waals surface area contributed by atoms with Gasteiger partial charge in [0.15, 0.2) is 5.96 Å². The molecule has 0 unspecified atom stereocenters. The summed E-state index contributed by atoms with van der Waals surface area (Å²) in [6, 6.07) is 10.9. The van der Waals surface area contributed by atoms with Crippen LogP contribution in [0.5, 0.6) is 5.75 Å². The standard InChI is InChI=1S/C20H20ClN5O5S.CH5N3.ClH/c1-31-15-4-2-13(3-5-15)11-25(12-19(27)28)32(29,30)16-6-7-17-14(8-16)9-24-10-18(17)26(21)20(22)23;2-1(3)4;/h2-10H,11-12H2,1H3,(H3,22,23)(H,27,28);(H5,2,3,4);1H. The minimum Gasteiger partial charge on any atom is -0.497 e. The summed E-state index contributed by atoms with van der Waals surface area (Å²) in [5.74, 6) is -1.45.